The number of hydrogen-bond donors (Lipinski definition) is 0. The predicted molar refractivity (Wildman–Crippen MR) is 72.8 cm³/mol. The topological polar surface area (TPSA) is 0 Å². The van der Waals surface area contributed by atoms with E-state index in [0.717, 1.165) is 5.92 Å². The maximum absolute atomic E-state index is 2.59. The molecule has 1 aliphatic carbocycles. The largest absolute Gasteiger partial charge is 0.317 e. The number of likely N-dealkylation sites (N-methyl/N-ethyl adjacent to an activating group) is 1. The van der Waals surface area contributed by atoms with Crippen molar-refractivity contribution in [3.8, 4) is 0 Å². The van der Waals surface area contributed by atoms with Gasteiger partial charge in [-0.05, 0) is 38.2 Å². The minimum Gasteiger partial charge on any atom is -0.317 e. The molecule has 0 spiro atoms. The van der Waals surface area contributed by atoms with Crippen molar-refractivity contribution in [2.75, 3.05) is 20.1 Å². The summed E-state index contributed by atoms with van der Waals surface area (Å²) in [5.41, 5.74) is 4.27. The molecule has 2 heterocycles. The molecule has 0 saturated carbocycles. The Kier molecular flexibility index (Phi) is 2.66. The average molecular weight is 234 g/mol. The van der Waals surface area contributed by atoms with Gasteiger partial charge in [0.05, 0.1) is 20.1 Å². The lowest BCUT2D eigenvalue weighted by molar-refractivity contribution is -0.941. The van der Waals surface area contributed by atoms with Crippen LogP contribution < -0.4 is 0 Å². The van der Waals surface area contributed by atoms with Gasteiger partial charge >= 0.3 is 0 Å². The van der Waals surface area contributed by atoms with Crippen molar-refractivity contribution in [1.29, 1.82) is 0 Å². The summed E-state index contributed by atoms with van der Waals surface area (Å²) in [4.78, 5) is 0. The van der Waals surface area contributed by atoms with Gasteiger partial charge in [0.25, 0.3) is 0 Å². The maximum Gasteiger partial charge on any atom is 0.118 e. The molecule has 2 aliphatic heterocycles. The third-order valence-corrected chi connectivity index (χ3v) is 6.13. The molecule has 0 aromatic carbocycles. The fourth-order valence-corrected chi connectivity index (χ4v) is 5.12. The molecule has 17 heavy (non-hydrogen) atoms. The molecule has 1 nitrogen and oxygen atoms in total. The number of hydrogen-bond acceptors (Lipinski definition) is 0. The summed E-state index contributed by atoms with van der Waals surface area (Å²) in [6, 6.07) is 0. The monoisotopic (exact) mass is 234 g/mol. The van der Waals surface area contributed by atoms with Crippen molar-refractivity contribution in [2.24, 2.45) is 5.92 Å². The van der Waals surface area contributed by atoms with Crippen molar-refractivity contribution in [3.63, 3.8) is 0 Å². The van der Waals surface area contributed by atoms with E-state index in [0.29, 0.717) is 5.54 Å². The smallest absolute Gasteiger partial charge is 0.118 e. The zero-order valence-electron chi connectivity index (χ0n) is 11.9. The lowest BCUT2D eigenvalue weighted by Crippen LogP contribution is -2.59. The first-order valence-electron chi connectivity index (χ1n) is 7.65. The van der Waals surface area contributed by atoms with Gasteiger partial charge < -0.3 is 4.48 Å². The predicted octanol–water partition coefficient (Wildman–Crippen LogP) is 3.90. The van der Waals surface area contributed by atoms with Crippen LogP contribution in [0.25, 0.3) is 0 Å². The highest BCUT2D eigenvalue weighted by molar-refractivity contribution is 5.31. The summed E-state index contributed by atoms with van der Waals surface area (Å²) in [7, 11) is 2.54. The first kappa shape index (κ1) is 11.8. The van der Waals surface area contributed by atoms with Crippen molar-refractivity contribution in [1.82, 2.24) is 0 Å². The Bertz CT molecular complexity index is 357. The van der Waals surface area contributed by atoms with E-state index in [-0.39, 0.29) is 0 Å². The van der Waals surface area contributed by atoms with Gasteiger partial charge in [0.1, 0.15) is 5.54 Å². The van der Waals surface area contributed by atoms with Crippen LogP contribution in [0.4, 0.5) is 0 Å². The summed E-state index contributed by atoms with van der Waals surface area (Å²) >= 11 is 0. The van der Waals surface area contributed by atoms with Crippen molar-refractivity contribution in [2.45, 2.75) is 64.3 Å². The second-order valence-corrected chi connectivity index (χ2v) is 7.12. The number of nitrogens with zero attached hydrogens (tertiary/aromatic N) is 1. The van der Waals surface area contributed by atoms with E-state index in [9.17, 15) is 0 Å². The number of fused-ring (bicyclic) bond motifs is 2. The van der Waals surface area contributed by atoms with Crippen LogP contribution in [0, 0.1) is 5.92 Å². The molecule has 1 heteroatoms. The zero-order chi connectivity index (χ0) is 12.1. The van der Waals surface area contributed by atoms with Crippen molar-refractivity contribution >= 4 is 0 Å². The Morgan fingerprint density at radius 3 is 2.88 bits per heavy atom. The summed E-state index contributed by atoms with van der Waals surface area (Å²) in [5.74, 6) is 0.988. The second-order valence-electron chi connectivity index (χ2n) is 7.12. The molecular weight excluding hydrogens is 206 g/mol. The average Bonchev–Trinajstić information content (AvgIpc) is 2.82. The van der Waals surface area contributed by atoms with Gasteiger partial charge in [-0.15, -0.1) is 0 Å². The summed E-state index contributed by atoms with van der Waals surface area (Å²) < 4.78 is 1.36. The minimum absolute atomic E-state index is 0.518. The molecule has 0 aromatic heterocycles. The van der Waals surface area contributed by atoms with Crippen LogP contribution in [0.3, 0.4) is 0 Å². The maximum atomic E-state index is 2.59. The first-order chi connectivity index (χ1) is 8.09. The van der Waals surface area contributed by atoms with Gasteiger partial charge in [0.2, 0.25) is 0 Å². The van der Waals surface area contributed by atoms with E-state index in [2.05, 4.69) is 20.9 Å². The van der Waals surface area contributed by atoms with Crippen LogP contribution in [0.1, 0.15) is 58.8 Å². The third kappa shape index (κ3) is 1.54. The quantitative estimate of drug-likeness (QED) is 0.502. The molecule has 0 aromatic rings. The Labute approximate surface area is 106 Å². The standard InChI is InChI=1S/C16H28N/c1-4-6-13-11-16(2)15-8-5-7-14(15)9-10-17(16,3)12-13/h13H,4-12H2,1-3H3/q+1/t13-,16-,17+/m1/s1. The molecule has 1 fully saturated rings. The van der Waals surface area contributed by atoms with Crippen LogP contribution in [-0.2, 0) is 0 Å². The lowest BCUT2D eigenvalue weighted by Gasteiger charge is -2.48. The minimum atomic E-state index is 0.518. The highest BCUT2D eigenvalue weighted by Gasteiger charge is 2.57. The van der Waals surface area contributed by atoms with E-state index < -0.39 is 0 Å². The highest BCUT2D eigenvalue weighted by Crippen LogP contribution is 2.53. The molecule has 3 atom stereocenters. The fourth-order valence-electron chi connectivity index (χ4n) is 5.12. The third-order valence-electron chi connectivity index (χ3n) is 6.13. The molecular formula is C16H28N+. The van der Waals surface area contributed by atoms with Gasteiger partial charge in [-0.1, -0.05) is 18.9 Å². The second kappa shape index (κ2) is 3.85. The highest BCUT2D eigenvalue weighted by atomic mass is 15.4. The molecule has 3 aliphatic rings. The number of quaternary nitrogens is 1. The first-order valence-corrected chi connectivity index (χ1v) is 7.65. The molecule has 1 saturated heterocycles. The van der Waals surface area contributed by atoms with Gasteiger partial charge in [0.15, 0.2) is 0 Å². The normalized spacial score (nSPS) is 45.0. The molecule has 96 valence electrons. The van der Waals surface area contributed by atoms with Gasteiger partial charge in [-0.25, -0.2) is 0 Å². The van der Waals surface area contributed by atoms with Crippen LogP contribution in [0.2, 0.25) is 0 Å². The van der Waals surface area contributed by atoms with Crippen LogP contribution in [0.15, 0.2) is 11.1 Å². The Morgan fingerprint density at radius 2 is 2.12 bits per heavy atom. The summed E-state index contributed by atoms with van der Waals surface area (Å²) in [5, 5.41) is 0. The fraction of sp³-hybridized carbons (Fsp3) is 0.875. The van der Waals surface area contributed by atoms with Crippen molar-refractivity contribution in [3.05, 3.63) is 11.1 Å². The summed E-state index contributed by atoms with van der Waals surface area (Å²) in [6.45, 7) is 7.79. The lowest BCUT2D eigenvalue weighted by atomic mass is 9.79. The van der Waals surface area contributed by atoms with Gasteiger partial charge in [-0.2, -0.15) is 0 Å². The van der Waals surface area contributed by atoms with Crippen molar-refractivity contribution < 1.29 is 4.48 Å². The summed E-state index contributed by atoms with van der Waals surface area (Å²) in [6.07, 6.45) is 9.97. The SMILES string of the molecule is CCC[C@@H]1C[C@]2(C)C3=C(CCC3)CC[N@@+]2(C)C1. The Hall–Kier alpha value is -0.300. The van der Waals surface area contributed by atoms with Crippen LogP contribution in [-0.4, -0.2) is 30.2 Å². The Morgan fingerprint density at radius 1 is 1.29 bits per heavy atom. The van der Waals surface area contributed by atoms with Crippen LogP contribution >= 0.6 is 0 Å². The molecule has 0 N–H and O–H groups in total. The van der Waals surface area contributed by atoms with Crippen LogP contribution in [0.5, 0.6) is 0 Å². The number of rotatable bonds is 2. The molecule has 0 unspecified atom stereocenters. The van der Waals surface area contributed by atoms with Gasteiger partial charge in [-0.3, -0.25) is 0 Å². The zero-order valence-corrected chi connectivity index (χ0v) is 11.9. The Balaban J connectivity index is 1.94. The molecule has 3 rings (SSSR count). The molecule has 0 radical (unpaired) electrons. The van der Waals surface area contributed by atoms with E-state index in [1.54, 1.807) is 0 Å². The van der Waals surface area contributed by atoms with E-state index >= 15 is 0 Å². The van der Waals surface area contributed by atoms with E-state index in [1.807, 2.05) is 11.1 Å². The van der Waals surface area contributed by atoms with E-state index in [4.69, 9.17) is 0 Å². The van der Waals surface area contributed by atoms with E-state index in [1.165, 1.54) is 62.5 Å². The molecule has 0 amide bonds. The molecule has 0 bridgehead atoms. The van der Waals surface area contributed by atoms with Gasteiger partial charge in [0, 0.05) is 18.8 Å².